The third kappa shape index (κ3) is 3.53. The molecule has 1 aromatic carbocycles. The molecule has 1 amide bonds. The van der Waals surface area contributed by atoms with Crippen LogP contribution >= 0.6 is 0 Å². The number of nitrogens with zero attached hydrogens (tertiary/aromatic N) is 1. The summed E-state index contributed by atoms with van der Waals surface area (Å²) in [4.78, 5) is 12.3. The molecule has 0 spiro atoms. The zero-order chi connectivity index (χ0) is 15.2. The fraction of sp³-hybridized carbons (Fsp3) is 0.467. The molecule has 1 aromatic rings. The van der Waals surface area contributed by atoms with Crippen molar-refractivity contribution in [3.63, 3.8) is 0 Å². The van der Waals surface area contributed by atoms with E-state index in [4.69, 9.17) is 0 Å². The Labute approximate surface area is 117 Å². The van der Waals surface area contributed by atoms with E-state index in [1.165, 1.54) is 0 Å². The first-order valence-corrected chi connectivity index (χ1v) is 6.67. The van der Waals surface area contributed by atoms with Gasteiger partial charge in [-0.2, -0.15) is 5.26 Å². The van der Waals surface area contributed by atoms with Gasteiger partial charge in [0.25, 0.3) is 0 Å². The first-order valence-electron chi connectivity index (χ1n) is 6.67. The molecule has 1 rings (SSSR count). The summed E-state index contributed by atoms with van der Waals surface area (Å²) in [5.41, 5.74) is -1.27. The summed E-state index contributed by atoms with van der Waals surface area (Å²) in [6.45, 7) is 3.76. The minimum Gasteiger partial charge on any atom is -0.322 e. The van der Waals surface area contributed by atoms with Crippen LogP contribution in [0, 0.1) is 28.4 Å². The molecule has 108 valence electrons. The van der Waals surface area contributed by atoms with Gasteiger partial charge in [0.05, 0.1) is 11.8 Å². The van der Waals surface area contributed by atoms with Crippen molar-refractivity contribution in [2.45, 2.75) is 39.5 Å². The van der Waals surface area contributed by atoms with E-state index >= 15 is 0 Å². The molecule has 20 heavy (non-hydrogen) atoms. The van der Waals surface area contributed by atoms with Crippen molar-refractivity contribution < 1.29 is 13.6 Å². The Hall–Kier alpha value is -1.96. The number of carbonyl (C=O) groups excluding carboxylic acids is 1. The van der Waals surface area contributed by atoms with Gasteiger partial charge in [-0.1, -0.05) is 26.7 Å². The van der Waals surface area contributed by atoms with Gasteiger partial charge in [-0.3, -0.25) is 4.79 Å². The van der Waals surface area contributed by atoms with E-state index in [1.807, 2.05) is 13.8 Å². The number of rotatable bonds is 6. The normalized spacial score (nSPS) is 10.9. The largest absolute Gasteiger partial charge is 0.322 e. The van der Waals surface area contributed by atoms with Crippen molar-refractivity contribution in [2.75, 3.05) is 5.32 Å². The maximum atomic E-state index is 13.5. The zero-order valence-corrected chi connectivity index (χ0v) is 11.7. The van der Waals surface area contributed by atoms with Gasteiger partial charge in [0, 0.05) is 6.07 Å². The Kier molecular flexibility index (Phi) is 5.63. The van der Waals surface area contributed by atoms with Crippen LogP contribution in [0.5, 0.6) is 0 Å². The summed E-state index contributed by atoms with van der Waals surface area (Å²) < 4.78 is 26.4. The third-order valence-corrected chi connectivity index (χ3v) is 3.18. The van der Waals surface area contributed by atoms with E-state index < -0.39 is 23.0 Å². The van der Waals surface area contributed by atoms with Crippen LogP contribution in [0.4, 0.5) is 14.5 Å². The molecule has 0 aliphatic rings. The van der Waals surface area contributed by atoms with Crippen LogP contribution in [-0.4, -0.2) is 5.91 Å². The van der Waals surface area contributed by atoms with E-state index in [9.17, 15) is 18.8 Å². The summed E-state index contributed by atoms with van der Waals surface area (Å²) in [7, 11) is 0. The second-order valence-corrected chi connectivity index (χ2v) is 4.77. The Morgan fingerprint density at radius 1 is 1.30 bits per heavy atom. The van der Waals surface area contributed by atoms with Crippen molar-refractivity contribution in [2.24, 2.45) is 5.41 Å². The van der Waals surface area contributed by atoms with Crippen LogP contribution in [0.3, 0.4) is 0 Å². The number of anilines is 1. The lowest BCUT2D eigenvalue weighted by atomic mass is 9.79. The molecule has 5 heteroatoms. The Morgan fingerprint density at radius 2 is 1.90 bits per heavy atom. The number of nitriles is 1. The summed E-state index contributed by atoms with van der Waals surface area (Å²) >= 11 is 0. The summed E-state index contributed by atoms with van der Waals surface area (Å²) in [5.74, 6) is -2.10. The van der Waals surface area contributed by atoms with Crippen molar-refractivity contribution in [3.8, 4) is 6.07 Å². The Morgan fingerprint density at radius 3 is 2.35 bits per heavy atom. The van der Waals surface area contributed by atoms with Gasteiger partial charge in [-0.25, -0.2) is 8.78 Å². The molecule has 0 heterocycles. The molecule has 0 radical (unpaired) electrons. The fourth-order valence-electron chi connectivity index (χ4n) is 2.20. The number of halogens is 2. The molecule has 0 fully saturated rings. The minimum absolute atomic E-state index is 0.108. The van der Waals surface area contributed by atoms with Gasteiger partial charge in [-0.15, -0.1) is 0 Å². The van der Waals surface area contributed by atoms with Gasteiger partial charge in [0.2, 0.25) is 5.91 Å². The minimum atomic E-state index is -1.16. The highest BCUT2D eigenvalue weighted by molar-refractivity contribution is 5.97. The topological polar surface area (TPSA) is 52.9 Å². The second kappa shape index (κ2) is 6.99. The van der Waals surface area contributed by atoms with Gasteiger partial charge < -0.3 is 5.32 Å². The lowest BCUT2D eigenvalue weighted by molar-refractivity contribution is -0.123. The molecule has 1 N–H and O–H groups in total. The van der Waals surface area contributed by atoms with Crippen LogP contribution in [-0.2, 0) is 4.79 Å². The molecule has 0 saturated heterocycles. The van der Waals surface area contributed by atoms with Crippen LogP contribution in [0.15, 0.2) is 18.2 Å². The van der Waals surface area contributed by atoms with Gasteiger partial charge in [-0.05, 0) is 25.0 Å². The van der Waals surface area contributed by atoms with Crippen LogP contribution in [0.25, 0.3) is 0 Å². The zero-order valence-electron chi connectivity index (χ0n) is 11.7. The number of hydrogen-bond acceptors (Lipinski definition) is 2. The maximum Gasteiger partial charge on any atom is 0.244 e. The van der Waals surface area contributed by atoms with E-state index in [0.29, 0.717) is 31.7 Å². The first kappa shape index (κ1) is 16.1. The highest BCUT2D eigenvalue weighted by Crippen LogP contribution is 2.31. The van der Waals surface area contributed by atoms with Crippen LogP contribution < -0.4 is 5.32 Å². The van der Waals surface area contributed by atoms with E-state index in [1.54, 1.807) is 0 Å². The maximum absolute atomic E-state index is 13.5. The molecule has 0 bridgehead atoms. The molecule has 0 aliphatic carbocycles. The first-order chi connectivity index (χ1) is 9.49. The number of carbonyl (C=O) groups is 1. The predicted molar refractivity (Wildman–Crippen MR) is 72.8 cm³/mol. The summed E-state index contributed by atoms with van der Waals surface area (Å²) in [6.07, 6.45) is 2.16. The van der Waals surface area contributed by atoms with Gasteiger partial charge in [0.15, 0.2) is 0 Å². The molecule has 0 aliphatic heterocycles. The van der Waals surface area contributed by atoms with Gasteiger partial charge in [0.1, 0.15) is 17.0 Å². The van der Waals surface area contributed by atoms with Crippen molar-refractivity contribution >= 4 is 11.6 Å². The van der Waals surface area contributed by atoms with Crippen molar-refractivity contribution in [1.82, 2.24) is 0 Å². The van der Waals surface area contributed by atoms with Crippen molar-refractivity contribution in [3.05, 3.63) is 29.8 Å². The average Bonchev–Trinajstić information content (AvgIpc) is 2.41. The quantitative estimate of drug-likeness (QED) is 0.855. The second-order valence-electron chi connectivity index (χ2n) is 4.77. The predicted octanol–water partition coefficient (Wildman–Crippen LogP) is 4.01. The number of nitrogens with one attached hydrogen (secondary N) is 1. The van der Waals surface area contributed by atoms with E-state index in [0.717, 1.165) is 12.1 Å². The van der Waals surface area contributed by atoms with Crippen LogP contribution in [0.2, 0.25) is 0 Å². The Bertz CT molecular complexity index is 517. The fourth-order valence-corrected chi connectivity index (χ4v) is 2.20. The Balaban J connectivity index is 2.99. The highest BCUT2D eigenvalue weighted by atomic mass is 19.1. The van der Waals surface area contributed by atoms with E-state index in [2.05, 4.69) is 11.4 Å². The molecule has 0 aromatic heterocycles. The third-order valence-electron chi connectivity index (χ3n) is 3.18. The van der Waals surface area contributed by atoms with Gasteiger partial charge >= 0.3 is 0 Å². The number of benzene rings is 1. The molecular formula is C15H18F2N2O. The molecule has 0 unspecified atom stereocenters. The lowest BCUT2D eigenvalue weighted by Gasteiger charge is -2.24. The highest BCUT2D eigenvalue weighted by Gasteiger charge is 2.37. The monoisotopic (exact) mass is 280 g/mol. The van der Waals surface area contributed by atoms with Crippen molar-refractivity contribution in [1.29, 1.82) is 5.26 Å². The number of hydrogen-bond donors (Lipinski definition) is 1. The molecule has 3 nitrogen and oxygen atoms in total. The SMILES string of the molecule is CCCC(C#N)(CCC)C(=O)Nc1ccc(F)cc1F. The standard InChI is InChI=1S/C15H18F2N2O/c1-3-7-15(10-18,8-4-2)14(20)19-13-6-5-11(16)9-12(13)17/h5-6,9H,3-4,7-8H2,1-2H3,(H,19,20). The average molecular weight is 280 g/mol. The number of amides is 1. The van der Waals surface area contributed by atoms with Crippen LogP contribution in [0.1, 0.15) is 39.5 Å². The molecule has 0 saturated carbocycles. The van der Waals surface area contributed by atoms with E-state index in [-0.39, 0.29) is 5.69 Å². The summed E-state index contributed by atoms with van der Waals surface area (Å²) in [6, 6.07) is 4.97. The lowest BCUT2D eigenvalue weighted by Crippen LogP contribution is -2.35. The molecule has 0 atom stereocenters. The smallest absolute Gasteiger partial charge is 0.244 e. The summed E-state index contributed by atoms with van der Waals surface area (Å²) in [5, 5.41) is 11.7. The molecular weight excluding hydrogens is 262 g/mol.